The minimum absolute atomic E-state index is 0.188. The first-order chi connectivity index (χ1) is 11.5. The fourth-order valence-corrected chi connectivity index (χ4v) is 2.81. The van der Waals surface area contributed by atoms with Gasteiger partial charge in [0, 0.05) is 23.1 Å². The SMILES string of the molecule is CCCCCCCCNC(=O)C=CC(=O)c1ccc(Cl)c(S)c1Cl. The Morgan fingerprint density at radius 1 is 1.08 bits per heavy atom. The molecular weight excluding hydrogens is 365 g/mol. The molecule has 3 nitrogen and oxygen atoms in total. The molecule has 24 heavy (non-hydrogen) atoms. The van der Waals surface area contributed by atoms with E-state index in [1.165, 1.54) is 43.9 Å². The number of amides is 1. The molecule has 0 aromatic heterocycles. The van der Waals surface area contributed by atoms with Crippen LogP contribution in [0.5, 0.6) is 0 Å². The highest BCUT2D eigenvalue weighted by Gasteiger charge is 2.12. The number of nitrogens with one attached hydrogen (secondary N) is 1. The zero-order chi connectivity index (χ0) is 17.9. The van der Waals surface area contributed by atoms with Gasteiger partial charge in [-0.05, 0) is 24.6 Å². The van der Waals surface area contributed by atoms with E-state index in [9.17, 15) is 9.59 Å². The first-order valence-corrected chi connectivity index (χ1v) is 9.34. The third kappa shape index (κ3) is 7.29. The zero-order valence-corrected chi connectivity index (χ0v) is 16.2. The molecule has 1 aromatic carbocycles. The number of benzene rings is 1. The predicted octanol–water partition coefficient (Wildman–Crippen LogP) is 5.50. The third-order valence-corrected chi connectivity index (χ3v) is 4.98. The van der Waals surface area contributed by atoms with Crippen molar-refractivity contribution in [2.75, 3.05) is 6.54 Å². The Labute approximate surface area is 159 Å². The summed E-state index contributed by atoms with van der Waals surface area (Å²) in [6.07, 6.45) is 9.41. The molecule has 0 aliphatic heterocycles. The maximum Gasteiger partial charge on any atom is 0.244 e. The van der Waals surface area contributed by atoms with Crippen LogP contribution in [0, 0.1) is 0 Å². The first kappa shape index (κ1) is 21.1. The van der Waals surface area contributed by atoms with Crippen LogP contribution in [-0.4, -0.2) is 18.2 Å². The number of hydrogen-bond donors (Lipinski definition) is 2. The monoisotopic (exact) mass is 387 g/mol. The molecule has 6 heteroatoms. The molecule has 0 saturated heterocycles. The van der Waals surface area contributed by atoms with Crippen molar-refractivity contribution in [1.82, 2.24) is 5.32 Å². The summed E-state index contributed by atoms with van der Waals surface area (Å²) in [5.41, 5.74) is 0.269. The first-order valence-electron chi connectivity index (χ1n) is 8.14. The number of carbonyl (C=O) groups is 2. The van der Waals surface area contributed by atoms with Crippen LogP contribution >= 0.6 is 35.8 Å². The van der Waals surface area contributed by atoms with E-state index in [1.807, 2.05) is 0 Å². The van der Waals surface area contributed by atoms with E-state index in [1.54, 1.807) is 6.07 Å². The highest BCUT2D eigenvalue weighted by Crippen LogP contribution is 2.31. The van der Waals surface area contributed by atoms with Gasteiger partial charge in [0.15, 0.2) is 5.78 Å². The molecule has 0 unspecified atom stereocenters. The van der Waals surface area contributed by atoms with Crippen LogP contribution in [0.3, 0.4) is 0 Å². The van der Waals surface area contributed by atoms with E-state index in [0.717, 1.165) is 12.8 Å². The number of hydrogen-bond acceptors (Lipinski definition) is 3. The molecule has 0 spiro atoms. The minimum atomic E-state index is -0.360. The standard InChI is InChI=1S/C18H23Cl2NO2S/c1-2-3-4-5-6-7-12-21-16(23)11-10-15(22)13-8-9-14(19)18(24)17(13)20/h8-11,24H,2-7,12H2,1H3,(H,21,23). The van der Waals surface area contributed by atoms with Crippen molar-refractivity contribution in [2.45, 2.75) is 50.3 Å². The summed E-state index contributed by atoms with van der Waals surface area (Å²) in [6.45, 7) is 2.80. The average molecular weight is 388 g/mol. The number of halogens is 2. The second kappa shape index (κ2) is 11.6. The van der Waals surface area contributed by atoms with Crippen LogP contribution in [0.1, 0.15) is 55.8 Å². The molecule has 1 amide bonds. The molecule has 132 valence electrons. The second-order valence-electron chi connectivity index (χ2n) is 5.51. The van der Waals surface area contributed by atoms with Gasteiger partial charge < -0.3 is 5.32 Å². The van der Waals surface area contributed by atoms with Gasteiger partial charge in [-0.25, -0.2) is 0 Å². The Kier molecular flexibility index (Phi) is 10.2. The third-order valence-electron chi connectivity index (χ3n) is 3.55. The van der Waals surface area contributed by atoms with Crippen LogP contribution < -0.4 is 5.32 Å². The number of carbonyl (C=O) groups excluding carboxylic acids is 2. The predicted molar refractivity (Wildman–Crippen MR) is 104 cm³/mol. The largest absolute Gasteiger partial charge is 0.353 e. The number of rotatable bonds is 10. The number of unbranched alkanes of at least 4 members (excludes halogenated alkanes) is 5. The molecule has 0 saturated carbocycles. The van der Waals surface area contributed by atoms with Crippen molar-refractivity contribution in [1.29, 1.82) is 0 Å². The van der Waals surface area contributed by atoms with Crippen molar-refractivity contribution in [3.05, 3.63) is 39.9 Å². The normalized spacial score (nSPS) is 11.0. The van der Waals surface area contributed by atoms with E-state index >= 15 is 0 Å². The van der Waals surface area contributed by atoms with Gasteiger partial charge in [0.1, 0.15) is 0 Å². The molecule has 0 heterocycles. The van der Waals surface area contributed by atoms with Crippen LogP contribution in [0.15, 0.2) is 29.2 Å². The average Bonchev–Trinajstić information content (AvgIpc) is 2.57. The van der Waals surface area contributed by atoms with Gasteiger partial charge in [-0.15, -0.1) is 12.6 Å². The second-order valence-corrected chi connectivity index (χ2v) is 6.75. The maximum absolute atomic E-state index is 12.1. The smallest absolute Gasteiger partial charge is 0.244 e. The van der Waals surface area contributed by atoms with E-state index < -0.39 is 0 Å². The lowest BCUT2D eigenvalue weighted by Crippen LogP contribution is -2.22. The summed E-state index contributed by atoms with van der Waals surface area (Å²) in [6, 6.07) is 3.07. The lowest BCUT2D eigenvalue weighted by atomic mass is 10.1. The van der Waals surface area contributed by atoms with Crippen molar-refractivity contribution in [3.63, 3.8) is 0 Å². The fraction of sp³-hybridized carbons (Fsp3) is 0.444. The van der Waals surface area contributed by atoms with Gasteiger partial charge in [0.05, 0.1) is 10.0 Å². The Morgan fingerprint density at radius 3 is 2.46 bits per heavy atom. The molecule has 1 aromatic rings. The molecular formula is C18H23Cl2NO2S. The molecule has 0 radical (unpaired) electrons. The summed E-state index contributed by atoms with van der Waals surface area (Å²) in [4.78, 5) is 24.1. The lowest BCUT2D eigenvalue weighted by molar-refractivity contribution is -0.116. The topological polar surface area (TPSA) is 46.2 Å². The highest BCUT2D eigenvalue weighted by molar-refractivity contribution is 7.80. The van der Waals surface area contributed by atoms with Crippen molar-refractivity contribution < 1.29 is 9.59 Å². The van der Waals surface area contributed by atoms with Gasteiger partial charge in [-0.2, -0.15) is 0 Å². The lowest BCUT2D eigenvalue weighted by Gasteiger charge is -2.05. The number of thiol groups is 1. The summed E-state index contributed by atoms with van der Waals surface area (Å²) < 4.78 is 0. The van der Waals surface area contributed by atoms with Crippen molar-refractivity contribution in [2.24, 2.45) is 0 Å². The Hall–Kier alpha value is -0.970. The Morgan fingerprint density at radius 2 is 1.75 bits per heavy atom. The minimum Gasteiger partial charge on any atom is -0.353 e. The molecule has 0 bridgehead atoms. The van der Waals surface area contributed by atoms with Crippen LogP contribution in [0.25, 0.3) is 0 Å². The quantitative estimate of drug-likeness (QED) is 0.241. The van der Waals surface area contributed by atoms with Gasteiger partial charge in [0.2, 0.25) is 5.91 Å². The van der Waals surface area contributed by atoms with E-state index in [2.05, 4.69) is 24.9 Å². The summed E-state index contributed by atoms with van der Waals surface area (Å²) in [5.74, 6) is -0.644. The van der Waals surface area contributed by atoms with Crippen molar-refractivity contribution >= 4 is 47.5 Å². The summed E-state index contributed by atoms with van der Waals surface area (Å²) in [7, 11) is 0. The molecule has 0 atom stereocenters. The molecule has 0 aliphatic rings. The Balaban J connectivity index is 2.39. The summed E-state index contributed by atoms with van der Waals surface area (Å²) >= 11 is 16.1. The van der Waals surface area contributed by atoms with Crippen LogP contribution in [0.2, 0.25) is 10.0 Å². The maximum atomic E-state index is 12.1. The molecule has 0 aliphatic carbocycles. The van der Waals surface area contributed by atoms with E-state index in [0.29, 0.717) is 16.5 Å². The fourth-order valence-electron chi connectivity index (χ4n) is 2.15. The molecule has 1 N–H and O–H groups in total. The zero-order valence-electron chi connectivity index (χ0n) is 13.8. The van der Waals surface area contributed by atoms with Gasteiger partial charge in [-0.1, -0.05) is 62.2 Å². The van der Waals surface area contributed by atoms with E-state index in [4.69, 9.17) is 23.2 Å². The number of ketones is 1. The number of allylic oxidation sites excluding steroid dienone is 1. The van der Waals surface area contributed by atoms with Crippen LogP contribution in [0.4, 0.5) is 0 Å². The molecule has 0 fully saturated rings. The van der Waals surface area contributed by atoms with Gasteiger partial charge in [0.25, 0.3) is 0 Å². The van der Waals surface area contributed by atoms with E-state index in [-0.39, 0.29) is 22.3 Å². The summed E-state index contributed by atoms with van der Waals surface area (Å²) in [5, 5.41) is 3.33. The molecule has 1 rings (SSSR count). The highest BCUT2D eigenvalue weighted by atomic mass is 35.5. The van der Waals surface area contributed by atoms with Crippen LogP contribution in [-0.2, 0) is 4.79 Å². The van der Waals surface area contributed by atoms with Gasteiger partial charge in [-0.3, -0.25) is 9.59 Å². The Bertz CT molecular complexity index is 603. The van der Waals surface area contributed by atoms with Gasteiger partial charge >= 0.3 is 0 Å². The van der Waals surface area contributed by atoms with Crippen molar-refractivity contribution in [3.8, 4) is 0 Å².